The van der Waals surface area contributed by atoms with Crippen LogP contribution in [0.5, 0.6) is 5.75 Å². The van der Waals surface area contributed by atoms with E-state index in [9.17, 15) is 23.1 Å². The third-order valence-electron chi connectivity index (χ3n) is 4.71. The Morgan fingerprint density at radius 3 is 2.18 bits per heavy atom. The number of carbonyl (C=O) groups is 2. The molecule has 9 heteroatoms. The number of ether oxygens (including phenoxy) is 1. The zero-order valence-electron chi connectivity index (χ0n) is 17.3. The number of anilines is 1. The zero-order chi connectivity index (χ0) is 23.8. The van der Waals surface area contributed by atoms with Gasteiger partial charge in [-0.25, -0.2) is 8.42 Å². The summed E-state index contributed by atoms with van der Waals surface area (Å²) in [4.78, 5) is 23.8. The van der Waals surface area contributed by atoms with Crippen molar-refractivity contribution < 1.29 is 27.9 Å². The van der Waals surface area contributed by atoms with Gasteiger partial charge < -0.3 is 15.2 Å². The molecule has 8 nitrogen and oxygen atoms in total. The van der Waals surface area contributed by atoms with Crippen molar-refractivity contribution in [2.75, 3.05) is 17.7 Å². The second-order valence-electron chi connectivity index (χ2n) is 7.11. The van der Waals surface area contributed by atoms with Crippen LogP contribution in [0, 0.1) is 17.2 Å². The number of carboxylic acids is 1. The van der Waals surface area contributed by atoms with Gasteiger partial charge in [-0.1, -0.05) is 18.2 Å². The van der Waals surface area contributed by atoms with Gasteiger partial charge in [0.1, 0.15) is 18.3 Å². The first-order chi connectivity index (χ1) is 15.8. The lowest BCUT2D eigenvalue weighted by Gasteiger charge is -2.14. The monoisotopic (exact) mass is 464 g/mol. The number of benzene rings is 3. The second-order valence-corrected chi connectivity index (χ2v) is 9.14. The van der Waals surface area contributed by atoms with Crippen LogP contribution in [0.15, 0.2) is 83.8 Å². The van der Waals surface area contributed by atoms with Crippen LogP contribution in [0.3, 0.4) is 0 Å². The molecule has 3 aromatic carbocycles. The first-order valence-corrected chi connectivity index (χ1v) is 11.5. The average Bonchev–Trinajstić information content (AvgIpc) is 2.82. The van der Waals surface area contributed by atoms with Gasteiger partial charge in [0.2, 0.25) is 0 Å². The molecule has 0 aliphatic rings. The molecule has 0 aliphatic heterocycles. The van der Waals surface area contributed by atoms with Gasteiger partial charge in [-0.05, 0) is 60.7 Å². The lowest BCUT2D eigenvalue weighted by atomic mass is 10.1. The first kappa shape index (κ1) is 23.5. The van der Waals surface area contributed by atoms with Gasteiger partial charge in [0.05, 0.1) is 22.3 Å². The summed E-state index contributed by atoms with van der Waals surface area (Å²) in [6, 6.07) is 22.0. The van der Waals surface area contributed by atoms with Crippen molar-refractivity contribution >= 4 is 27.4 Å². The number of hydrogen-bond donors (Lipinski definition) is 2. The quantitative estimate of drug-likeness (QED) is 0.496. The molecular formula is C24H20N2O6S. The number of nitrogens with one attached hydrogen (secondary N) is 1. The number of sulfone groups is 1. The third-order valence-corrected chi connectivity index (χ3v) is 6.54. The molecule has 0 spiro atoms. The molecule has 33 heavy (non-hydrogen) atoms. The number of rotatable bonds is 9. The van der Waals surface area contributed by atoms with Crippen LogP contribution >= 0.6 is 0 Å². The van der Waals surface area contributed by atoms with Gasteiger partial charge in [-0.15, -0.1) is 0 Å². The van der Waals surface area contributed by atoms with E-state index >= 15 is 0 Å². The van der Waals surface area contributed by atoms with Crippen molar-refractivity contribution in [3.63, 3.8) is 0 Å². The molecule has 0 radical (unpaired) electrons. The topological polar surface area (TPSA) is 134 Å². The zero-order valence-corrected chi connectivity index (χ0v) is 18.2. The fourth-order valence-corrected chi connectivity index (χ4v) is 4.42. The van der Waals surface area contributed by atoms with Gasteiger partial charge in [0.25, 0.3) is 5.91 Å². The molecule has 3 aromatic rings. The molecule has 0 saturated carbocycles. The van der Waals surface area contributed by atoms with Gasteiger partial charge in [-0.3, -0.25) is 9.59 Å². The Morgan fingerprint density at radius 2 is 1.61 bits per heavy atom. The van der Waals surface area contributed by atoms with E-state index < -0.39 is 33.4 Å². The molecule has 0 bridgehead atoms. The maximum absolute atomic E-state index is 12.7. The minimum atomic E-state index is -3.92. The van der Waals surface area contributed by atoms with Crippen molar-refractivity contribution in [2.24, 2.45) is 5.92 Å². The number of aliphatic carboxylic acids is 1. The van der Waals surface area contributed by atoms with Gasteiger partial charge in [0.15, 0.2) is 9.84 Å². The Balaban J connectivity index is 1.65. The molecule has 0 aliphatic carbocycles. The molecular weight excluding hydrogens is 444 g/mol. The Hall–Kier alpha value is -4.16. The highest BCUT2D eigenvalue weighted by Gasteiger charge is 2.27. The number of para-hydroxylation sites is 1. The van der Waals surface area contributed by atoms with Crippen molar-refractivity contribution in [3.8, 4) is 11.8 Å². The fraction of sp³-hybridized carbons (Fsp3) is 0.125. The van der Waals surface area contributed by atoms with Crippen molar-refractivity contribution in [2.45, 2.75) is 4.90 Å². The summed E-state index contributed by atoms with van der Waals surface area (Å²) in [6.07, 6.45) is 0. The standard InChI is InChI=1S/C24H20N2O6S/c25-14-17-6-8-18(9-7-17)23(27)26-20-10-12-22(13-11-20)33(30,31)16-19(24(28)29)15-32-21-4-2-1-3-5-21/h1-13,19H,15-16H2,(H,26,27)(H,28,29). The van der Waals surface area contributed by atoms with Gasteiger partial charge >= 0.3 is 5.97 Å². The average molecular weight is 464 g/mol. The van der Waals surface area contributed by atoms with Crippen molar-refractivity contribution in [1.82, 2.24) is 0 Å². The van der Waals surface area contributed by atoms with Crippen LogP contribution in [-0.4, -0.2) is 37.8 Å². The van der Waals surface area contributed by atoms with Crippen LogP contribution in [0.2, 0.25) is 0 Å². The summed E-state index contributed by atoms with van der Waals surface area (Å²) < 4.78 is 30.9. The maximum Gasteiger partial charge on any atom is 0.311 e. The van der Waals surface area contributed by atoms with Crippen LogP contribution in [0.25, 0.3) is 0 Å². The van der Waals surface area contributed by atoms with Crippen molar-refractivity contribution in [3.05, 3.63) is 90.0 Å². The van der Waals surface area contributed by atoms with E-state index in [1.165, 1.54) is 48.5 Å². The summed E-state index contributed by atoms with van der Waals surface area (Å²) in [5.41, 5.74) is 1.13. The summed E-state index contributed by atoms with van der Waals surface area (Å²) >= 11 is 0. The van der Waals surface area contributed by atoms with E-state index in [0.717, 1.165) is 0 Å². The molecule has 0 heterocycles. The molecule has 168 valence electrons. The van der Waals surface area contributed by atoms with Crippen LogP contribution < -0.4 is 10.1 Å². The number of carboxylic acid groups (broad SMARTS) is 1. The number of hydrogen-bond acceptors (Lipinski definition) is 6. The highest BCUT2D eigenvalue weighted by molar-refractivity contribution is 7.91. The SMILES string of the molecule is N#Cc1ccc(C(=O)Nc2ccc(S(=O)(=O)CC(COc3ccccc3)C(=O)O)cc2)cc1. The molecule has 1 atom stereocenters. The van der Waals surface area contributed by atoms with Gasteiger partial charge in [-0.2, -0.15) is 5.26 Å². The minimum Gasteiger partial charge on any atom is -0.493 e. The Kier molecular flexibility index (Phi) is 7.43. The predicted octanol–water partition coefficient (Wildman–Crippen LogP) is 3.36. The molecule has 1 amide bonds. The molecule has 0 saturated heterocycles. The maximum atomic E-state index is 12.7. The van der Waals surface area contributed by atoms with E-state index in [4.69, 9.17) is 10.00 Å². The highest BCUT2D eigenvalue weighted by atomic mass is 32.2. The van der Waals surface area contributed by atoms with Crippen molar-refractivity contribution in [1.29, 1.82) is 5.26 Å². The molecule has 0 fully saturated rings. The van der Waals surface area contributed by atoms with E-state index in [1.54, 1.807) is 30.3 Å². The van der Waals surface area contributed by atoms with E-state index in [1.807, 2.05) is 6.07 Å². The summed E-state index contributed by atoms with van der Waals surface area (Å²) in [6.45, 7) is -0.294. The van der Waals surface area contributed by atoms with Crippen LogP contribution in [-0.2, 0) is 14.6 Å². The van der Waals surface area contributed by atoms with E-state index in [2.05, 4.69) is 5.32 Å². The Bertz CT molecular complexity index is 1270. The largest absolute Gasteiger partial charge is 0.493 e. The third kappa shape index (κ3) is 6.41. The molecule has 2 N–H and O–H groups in total. The number of amides is 1. The number of carbonyl (C=O) groups excluding carboxylic acids is 1. The molecule has 3 rings (SSSR count). The number of nitriles is 1. The first-order valence-electron chi connectivity index (χ1n) is 9.83. The van der Waals surface area contributed by atoms with Crippen LogP contribution in [0.1, 0.15) is 15.9 Å². The molecule has 1 unspecified atom stereocenters. The lowest BCUT2D eigenvalue weighted by Crippen LogP contribution is -2.29. The summed E-state index contributed by atoms with van der Waals surface area (Å²) in [7, 11) is -3.92. The van der Waals surface area contributed by atoms with E-state index in [0.29, 0.717) is 22.6 Å². The number of nitrogens with zero attached hydrogens (tertiary/aromatic N) is 1. The summed E-state index contributed by atoms with van der Waals surface area (Å²) in [5.74, 6) is -3.14. The summed E-state index contributed by atoms with van der Waals surface area (Å²) in [5, 5.41) is 20.9. The predicted molar refractivity (Wildman–Crippen MR) is 121 cm³/mol. The van der Waals surface area contributed by atoms with Gasteiger partial charge in [0, 0.05) is 11.3 Å². The lowest BCUT2D eigenvalue weighted by molar-refractivity contribution is -0.141. The fourth-order valence-electron chi connectivity index (χ4n) is 2.91. The second kappa shape index (κ2) is 10.4. The van der Waals surface area contributed by atoms with E-state index in [-0.39, 0.29) is 11.5 Å². The molecule has 0 aromatic heterocycles. The Morgan fingerprint density at radius 1 is 0.970 bits per heavy atom. The highest BCUT2D eigenvalue weighted by Crippen LogP contribution is 2.19. The normalized spacial score (nSPS) is 11.7. The minimum absolute atomic E-state index is 0.0650. The Labute approximate surface area is 191 Å². The smallest absolute Gasteiger partial charge is 0.311 e. The van der Waals surface area contributed by atoms with Crippen LogP contribution in [0.4, 0.5) is 5.69 Å².